The van der Waals surface area contributed by atoms with Gasteiger partial charge in [0.2, 0.25) is 5.88 Å². The molecule has 0 saturated carbocycles. The van der Waals surface area contributed by atoms with Crippen LogP contribution in [0.1, 0.15) is 75.3 Å². The van der Waals surface area contributed by atoms with Crippen LogP contribution in [0.25, 0.3) is 0 Å². The van der Waals surface area contributed by atoms with Crippen LogP contribution in [-0.2, 0) is 10.2 Å². The van der Waals surface area contributed by atoms with Gasteiger partial charge in [0, 0.05) is 22.9 Å². The van der Waals surface area contributed by atoms with E-state index in [1.807, 2.05) is 18.7 Å². The molecule has 0 aliphatic carbocycles. The standard InChI is InChI=1S/C24H28N2O2S/c1-5-8-23(27)28-22-12-11-19(25-26-22)10-9-18-16-20-21(15-17(18)4)29-14-13-24(20,6-2)7-3/h11-12,15-16H,5-8,13-14H2,1-4H3. The van der Waals surface area contributed by atoms with Gasteiger partial charge < -0.3 is 4.74 Å². The minimum absolute atomic E-state index is 0.215. The van der Waals surface area contributed by atoms with E-state index in [-0.39, 0.29) is 17.3 Å². The summed E-state index contributed by atoms with van der Waals surface area (Å²) in [5.41, 5.74) is 4.48. The van der Waals surface area contributed by atoms with E-state index in [4.69, 9.17) is 4.74 Å². The zero-order valence-corrected chi connectivity index (χ0v) is 18.5. The van der Waals surface area contributed by atoms with E-state index >= 15 is 0 Å². The lowest BCUT2D eigenvalue weighted by Crippen LogP contribution is -2.29. The molecule has 2 aromatic rings. The number of nitrogens with zero attached hydrogens (tertiary/aromatic N) is 2. The van der Waals surface area contributed by atoms with Crippen LogP contribution in [0.4, 0.5) is 0 Å². The fraction of sp³-hybridized carbons (Fsp3) is 0.458. The van der Waals surface area contributed by atoms with Gasteiger partial charge >= 0.3 is 5.97 Å². The zero-order chi connectivity index (χ0) is 20.9. The Hall–Kier alpha value is -2.32. The Labute approximate surface area is 177 Å². The number of carbonyl (C=O) groups is 1. The van der Waals surface area contributed by atoms with E-state index in [1.165, 1.54) is 28.2 Å². The number of ether oxygens (including phenoxy) is 1. The van der Waals surface area contributed by atoms with Gasteiger partial charge in [-0.3, -0.25) is 4.79 Å². The van der Waals surface area contributed by atoms with Gasteiger partial charge in [0.15, 0.2) is 0 Å². The number of hydrogen-bond acceptors (Lipinski definition) is 5. The predicted molar refractivity (Wildman–Crippen MR) is 117 cm³/mol. The van der Waals surface area contributed by atoms with Crippen LogP contribution in [0.2, 0.25) is 0 Å². The highest BCUT2D eigenvalue weighted by Crippen LogP contribution is 2.46. The third-order valence-corrected chi connectivity index (χ3v) is 6.78. The normalized spacial score (nSPS) is 14.5. The zero-order valence-electron chi connectivity index (χ0n) is 17.7. The second kappa shape index (κ2) is 9.45. The molecule has 2 heterocycles. The van der Waals surface area contributed by atoms with Gasteiger partial charge in [0.1, 0.15) is 5.69 Å². The quantitative estimate of drug-likeness (QED) is 0.487. The molecular weight excluding hydrogens is 380 g/mol. The Morgan fingerprint density at radius 3 is 2.62 bits per heavy atom. The van der Waals surface area contributed by atoms with Gasteiger partial charge in [-0.1, -0.05) is 26.7 Å². The van der Waals surface area contributed by atoms with Crippen molar-refractivity contribution in [1.29, 1.82) is 0 Å². The van der Waals surface area contributed by atoms with Crippen molar-refractivity contribution in [2.45, 2.75) is 70.1 Å². The summed E-state index contributed by atoms with van der Waals surface area (Å²) < 4.78 is 5.14. The summed E-state index contributed by atoms with van der Waals surface area (Å²) in [7, 11) is 0. The molecule has 0 radical (unpaired) electrons. The Morgan fingerprint density at radius 2 is 1.97 bits per heavy atom. The smallest absolute Gasteiger partial charge is 0.312 e. The summed E-state index contributed by atoms with van der Waals surface area (Å²) in [5.74, 6) is 7.49. The van der Waals surface area contributed by atoms with Crippen molar-refractivity contribution in [1.82, 2.24) is 10.2 Å². The van der Waals surface area contributed by atoms with Crippen molar-refractivity contribution >= 4 is 17.7 Å². The van der Waals surface area contributed by atoms with Crippen LogP contribution in [0.15, 0.2) is 29.2 Å². The molecule has 29 heavy (non-hydrogen) atoms. The number of fused-ring (bicyclic) bond motifs is 1. The third kappa shape index (κ3) is 4.82. The van der Waals surface area contributed by atoms with Gasteiger partial charge in [0.05, 0.1) is 0 Å². The maximum atomic E-state index is 11.5. The fourth-order valence-electron chi connectivity index (χ4n) is 3.77. The molecule has 0 unspecified atom stereocenters. The number of rotatable bonds is 5. The van der Waals surface area contributed by atoms with Gasteiger partial charge in [-0.15, -0.1) is 22.0 Å². The lowest BCUT2D eigenvalue weighted by atomic mass is 9.73. The number of aromatic nitrogens is 2. The average Bonchev–Trinajstić information content (AvgIpc) is 2.73. The Morgan fingerprint density at radius 1 is 1.17 bits per heavy atom. The van der Waals surface area contributed by atoms with Crippen LogP contribution >= 0.6 is 11.8 Å². The number of esters is 1. The van der Waals surface area contributed by atoms with Crippen molar-refractivity contribution in [2.75, 3.05) is 5.75 Å². The summed E-state index contributed by atoms with van der Waals surface area (Å²) in [6.45, 7) is 8.62. The first kappa shape index (κ1) is 21.4. The summed E-state index contributed by atoms with van der Waals surface area (Å²) in [6, 6.07) is 7.94. The van der Waals surface area contributed by atoms with Crippen molar-refractivity contribution in [3.63, 3.8) is 0 Å². The molecule has 1 aromatic heterocycles. The molecule has 152 valence electrons. The largest absolute Gasteiger partial charge is 0.406 e. The maximum Gasteiger partial charge on any atom is 0.312 e. The van der Waals surface area contributed by atoms with Crippen LogP contribution in [-0.4, -0.2) is 21.9 Å². The van der Waals surface area contributed by atoms with Crippen molar-refractivity contribution in [3.8, 4) is 17.7 Å². The summed E-state index contributed by atoms with van der Waals surface area (Å²) in [4.78, 5) is 12.9. The highest BCUT2D eigenvalue weighted by Gasteiger charge is 2.34. The molecule has 0 amide bonds. The molecule has 3 rings (SSSR count). The van der Waals surface area contributed by atoms with Crippen LogP contribution < -0.4 is 4.74 Å². The highest BCUT2D eigenvalue weighted by molar-refractivity contribution is 7.99. The molecular formula is C24H28N2O2S. The molecule has 1 aromatic carbocycles. The molecule has 0 spiro atoms. The molecule has 0 atom stereocenters. The summed E-state index contributed by atoms with van der Waals surface area (Å²) >= 11 is 1.96. The number of aryl methyl sites for hydroxylation is 1. The first-order valence-corrected chi connectivity index (χ1v) is 11.3. The second-order valence-corrected chi connectivity index (χ2v) is 8.62. The fourth-order valence-corrected chi connectivity index (χ4v) is 5.17. The molecule has 0 bridgehead atoms. The number of hydrogen-bond donors (Lipinski definition) is 0. The minimum Gasteiger partial charge on any atom is -0.406 e. The molecule has 0 fully saturated rings. The van der Waals surface area contributed by atoms with Crippen molar-refractivity contribution in [2.24, 2.45) is 0 Å². The van der Waals surface area contributed by atoms with Crippen LogP contribution in [0.5, 0.6) is 5.88 Å². The Bertz CT molecular complexity index is 938. The minimum atomic E-state index is -0.293. The molecule has 1 aliphatic rings. The van der Waals surface area contributed by atoms with E-state index in [1.54, 1.807) is 12.1 Å². The van der Waals surface area contributed by atoms with Crippen molar-refractivity contribution < 1.29 is 9.53 Å². The van der Waals surface area contributed by atoms with Crippen LogP contribution in [0.3, 0.4) is 0 Å². The monoisotopic (exact) mass is 408 g/mol. The average molecular weight is 409 g/mol. The number of thioether (sulfide) groups is 1. The maximum absolute atomic E-state index is 11.5. The predicted octanol–water partition coefficient (Wildman–Crippen LogP) is 5.44. The SMILES string of the molecule is CCCC(=O)Oc1ccc(C#Cc2cc3c(cc2C)SCCC3(CC)CC)nn1. The van der Waals surface area contributed by atoms with Gasteiger partial charge in [-0.05, 0) is 79.0 Å². The van der Waals surface area contributed by atoms with E-state index in [0.717, 1.165) is 24.8 Å². The lowest BCUT2D eigenvalue weighted by Gasteiger charge is -2.38. The first-order valence-electron chi connectivity index (χ1n) is 10.4. The number of carbonyl (C=O) groups excluding carboxylic acids is 1. The van der Waals surface area contributed by atoms with Gasteiger partial charge in [0.25, 0.3) is 0 Å². The second-order valence-electron chi connectivity index (χ2n) is 7.48. The van der Waals surface area contributed by atoms with E-state index in [0.29, 0.717) is 12.1 Å². The van der Waals surface area contributed by atoms with Gasteiger partial charge in [-0.2, -0.15) is 0 Å². The molecule has 4 nitrogen and oxygen atoms in total. The number of benzene rings is 1. The third-order valence-electron chi connectivity index (χ3n) is 5.73. The molecule has 1 aliphatic heterocycles. The highest BCUT2D eigenvalue weighted by atomic mass is 32.2. The summed E-state index contributed by atoms with van der Waals surface area (Å²) in [6.07, 6.45) is 4.63. The summed E-state index contributed by atoms with van der Waals surface area (Å²) in [5, 5.41) is 8.04. The Balaban J connectivity index is 1.85. The van der Waals surface area contributed by atoms with E-state index < -0.39 is 0 Å². The van der Waals surface area contributed by atoms with Gasteiger partial charge in [-0.25, -0.2) is 0 Å². The Kier molecular flexibility index (Phi) is 6.97. The topological polar surface area (TPSA) is 52.1 Å². The van der Waals surface area contributed by atoms with E-state index in [2.05, 4.69) is 54.9 Å². The first-order chi connectivity index (χ1) is 14.0. The van der Waals surface area contributed by atoms with Crippen LogP contribution in [0, 0.1) is 18.8 Å². The molecule has 5 heteroatoms. The van der Waals surface area contributed by atoms with E-state index in [9.17, 15) is 4.79 Å². The molecule has 0 saturated heterocycles. The van der Waals surface area contributed by atoms with Crippen molar-refractivity contribution in [3.05, 3.63) is 46.6 Å². The molecule has 0 N–H and O–H groups in total. The lowest BCUT2D eigenvalue weighted by molar-refractivity contribution is -0.134.